The van der Waals surface area contributed by atoms with Gasteiger partial charge < -0.3 is 15.0 Å². The second-order valence-corrected chi connectivity index (χ2v) is 3.04. The SMILES string of the molecule is CCNC(CCn1ccnc1)C(=O)O. The van der Waals surface area contributed by atoms with Crippen LogP contribution in [-0.4, -0.2) is 33.2 Å². The highest BCUT2D eigenvalue weighted by Gasteiger charge is 2.14. The van der Waals surface area contributed by atoms with Crippen molar-refractivity contribution in [3.05, 3.63) is 18.7 Å². The highest BCUT2D eigenvalue weighted by molar-refractivity contribution is 5.73. The summed E-state index contributed by atoms with van der Waals surface area (Å²) in [4.78, 5) is 14.6. The van der Waals surface area contributed by atoms with Gasteiger partial charge in [-0.25, -0.2) is 4.98 Å². The van der Waals surface area contributed by atoms with Crippen molar-refractivity contribution in [1.82, 2.24) is 14.9 Å². The Kier molecular flexibility index (Phi) is 4.12. The fourth-order valence-electron chi connectivity index (χ4n) is 1.26. The van der Waals surface area contributed by atoms with Gasteiger partial charge in [0, 0.05) is 18.9 Å². The van der Waals surface area contributed by atoms with Crippen LogP contribution >= 0.6 is 0 Å². The molecule has 1 heterocycles. The summed E-state index contributed by atoms with van der Waals surface area (Å²) in [6, 6.07) is -0.470. The van der Waals surface area contributed by atoms with Crippen molar-refractivity contribution in [3.8, 4) is 0 Å². The Morgan fingerprint density at radius 3 is 3.00 bits per heavy atom. The molecule has 1 atom stereocenters. The molecule has 0 aromatic carbocycles. The monoisotopic (exact) mass is 197 g/mol. The van der Waals surface area contributed by atoms with Gasteiger partial charge in [-0.15, -0.1) is 0 Å². The summed E-state index contributed by atoms with van der Waals surface area (Å²) in [6.07, 6.45) is 5.76. The molecule has 0 bridgehead atoms. The molecule has 1 unspecified atom stereocenters. The predicted octanol–water partition coefficient (Wildman–Crippen LogP) is 0.336. The average Bonchev–Trinajstić information content (AvgIpc) is 2.64. The number of aryl methyl sites for hydroxylation is 1. The maximum atomic E-state index is 10.8. The number of imidazole rings is 1. The molecule has 0 saturated heterocycles. The van der Waals surface area contributed by atoms with Crippen LogP contribution in [0.25, 0.3) is 0 Å². The maximum absolute atomic E-state index is 10.8. The van der Waals surface area contributed by atoms with Crippen molar-refractivity contribution in [2.45, 2.75) is 25.9 Å². The minimum atomic E-state index is -0.799. The van der Waals surface area contributed by atoms with E-state index in [-0.39, 0.29) is 0 Å². The average molecular weight is 197 g/mol. The molecule has 0 aliphatic rings. The smallest absolute Gasteiger partial charge is 0.320 e. The van der Waals surface area contributed by atoms with Gasteiger partial charge in [-0.2, -0.15) is 0 Å². The van der Waals surface area contributed by atoms with E-state index in [1.165, 1.54) is 0 Å². The molecule has 0 amide bonds. The molecule has 0 fully saturated rings. The first-order valence-corrected chi connectivity index (χ1v) is 4.66. The van der Waals surface area contributed by atoms with Crippen molar-refractivity contribution in [1.29, 1.82) is 0 Å². The van der Waals surface area contributed by atoms with Crippen molar-refractivity contribution >= 4 is 5.97 Å². The molecule has 78 valence electrons. The lowest BCUT2D eigenvalue weighted by Gasteiger charge is -2.12. The van der Waals surface area contributed by atoms with Gasteiger partial charge in [0.25, 0.3) is 0 Å². The van der Waals surface area contributed by atoms with Crippen LogP contribution in [0.4, 0.5) is 0 Å². The minimum Gasteiger partial charge on any atom is -0.480 e. The number of nitrogens with one attached hydrogen (secondary N) is 1. The number of aromatic nitrogens is 2. The van der Waals surface area contributed by atoms with Gasteiger partial charge in [0.1, 0.15) is 6.04 Å². The topological polar surface area (TPSA) is 67.2 Å². The van der Waals surface area contributed by atoms with E-state index in [4.69, 9.17) is 5.11 Å². The summed E-state index contributed by atoms with van der Waals surface area (Å²) < 4.78 is 1.87. The Bertz CT molecular complexity index is 272. The summed E-state index contributed by atoms with van der Waals surface area (Å²) in [6.45, 7) is 3.23. The van der Waals surface area contributed by atoms with Crippen molar-refractivity contribution < 1.29 is 9.90 Å². The number of carbonyl (C=O) groups is 1. The van der Waals surface area contributed by atoms with Crippen LogP contribution in [0.5, 0.6) is 0 Å². The Hall–Kier alpha value is -1.36. The minimum absolute atomic E-state index is 0.470. The van der Waals surface area contributed by atoms with E-state index >= 15 is 0 Å². The third-order valence-corrected chi connectivity index (χ3v) is 1.98. The molecular weight excluding hydrogens is 182 g/mol. The second kappa shape index (κ2) is 5.39. The highest BCUT2D eigenvalue weighted by Crippen LogP contribution is 1.97. The first-order valence-electron chi connectivity index (χ1n) is 4.66. The number of rotatable bonds is 6. The Labute approximate surface area is 82.8 Å². The lowest BCUT2D eigenvalue weighted by molar-refractivity contribution is -0.139. The molecule has 1 aromatic rings. The first-order chi connectivity index (χ1) is 6.74. The molecule has 14 heavy (non-hydrogen) atoms. The molecule has 0 aliphatic heterocycles. The van der Waals surface area contributed by atoms with Gasteiger partial charge in [0.2, 0.25) is 0 Å². The van der Waals surface area contributed by atoms with E-state index in [9.17, 15) is 4.79 Å². The zero-order chi connectivity index (χ0) is 10.4. The van der Waals surface area contributed by atoms with E-state index in [0.717, 1.165) is 0 Å². The number of hydrogen-bond donors (Lipinski definition) is 2. The summed E-state index contributed by atoms with van der Waals surface area (Å²) in [5.41, 5.74) is 0. The molecule has 1 aromatic heterocycles. The normalized spacial score (nSPS) is 12.6. The molecule has 5 nitrogen and oxygen atoms in total. The number of nitrogens with zero attached hydrogens (tertiary/aromatic N) is 2. The van der Waals surface area contributed by atoms with Gasteiger partial charge in [-0.1, -0.05) is 6.92 Å². The predicted molar refractivity (Wildman–Crippen MR) is 51.9 cm³/mol. The van der Waals surface area contributed by atoms with Crippen LogP contribution < -0.4 is 5.32 Å². The number of hydrogen-bond acceptors (Lipinski definition) is 3. The Morgan fingerprint density at radius 1 is 1.71 bits per heavy atom. The van der Waals surface area contributed by atoms with Crippen LogP contribution in [-0.2, 0) is 11.3 Å². The number of aliphatic carboxylic acids is 1. The number of likely N-dealkylation sites (N-methyl/N-ethyl adjacent to an activating group) is 1. The zero-order valence-corrected chi connectivity index (χ0v) is 8.18. The van der Waals surface area contributed by atoms with Gasteiger partial charge >= 0.3 is 5.97 Å². The number of carboxylic acid groups (broad SMARTS) is 1. The van der Waals surface area contributed by atoms with Crippen molar-refractivity contribution in [3.63, 3.8) is 0 Å². The summed E-state index contributed by atoms with van der Waals surface area (Å²) in [5, 5.41) is 11.8. The molecule has 2 N–H and O–H groups in total. The van der Waals surface area contributed by atoms with E-state index in [0.29, 0.717) is 19.5 Å². The summed E-state index contributed by atoms with van der Waals surface area (Å²) in [7, 11) is 0. The van der Waals surface area contributed by atoms with Gasteiger partial charge in [-0.3, -0.25) is 4.79 Å². The third-order valence-electron chi connectivity index (χ3n) is 1.98. The zero-order valence-electron chi connectivity index (χ0n) is 8.18. The third kappa shape index (κ3) is 3.18. The van der Waals surface area contributed by atoms with E-state index in [1.54, 1.807) is 12.5 Å². The first kappa shape index (κ1) is 10.7. The summed E-state index contributed by atoms with van der Waals surface area (Å²) in [5.74, 6) is -0.799. The van der Waals surface area contributed by atoms with Crippen LogP contribution in [0.3, 0.4) is 0 Å². The highest BCUT2D eigenvalue weighted by atomic mass is 16.4. The molecule has 0 saturated carbocycles. The fourth-order valence-corrected chi connectivity index (χ4v) is 1.26. The van der Waals surface area contributed by atoms with E-state index in [1.807, 2.05) is 17.7 Å². The summed E-state index contributed by atoms with van der Waals surface area (Å²) >= 11 is 0. The lowest BCUT2D eigenvalue weighted by atomic mass is 10.2. The fraction of sp³-hybridized carbons (Fsp3) is 0.556. The molecule has 0 aliphatic carbocycles. The molecule has 5 heteroatoms. The quantitative estimate of drug-likeness (QED) is 0.690. The number of carboxylic acids is 1. The Balaban J connectivity index is 2.37. The van der Waals surface area contributed by atoms with Crippen LogP contribution in [0.1, 0.15) is 13.3 Å². The van der Waals surface area contributed by atoms with Gasteiger partial charge in [-0.05, 0) is 13.0 Å². The van der Waals surface area contributed by atoms with Crippen LogP contribution in [0.15, 0.2) is 18.7 Å². The van der Waals surface area contributed by atoms with Gasteiger partial charge in [0.05, 0.1) is 6.33 Å². The van der Waals surface area contributed by atoms with Crippen LogP contribution in [0.2, 0.25) is 0 Å². The van der Waals surface area contributed by atoms with Crippen molar-refractivity contribution in [2.75, 3.05) is 6.54 Å². The largest absolute Gasteiger partial charge is 0.480 e. The van der Waals surface area contributed by atoms with Crippen LogP contribution in [0, 0.1) is 0 Å². The standard InChI is InChI=1S/C9H15N3O2/c1-2-11-8(9(13)14)3-5-12-6-4-10-7-12/h4,6-8,11H,2-3,5H2,1H3,(H,13,14). The molecular formula is C9H15N3O2. The maximum Gasteiger partial charge on any atom is 0.320 e. The Morgan fingerprint density at radius 2 is 2.50 bits per heavy atom. The van der Waals surface area contributed by atoms with E-state index in [2.05, 4.69) is 10.3 Å². The molecule has 1 rings (SSSR count). The molecule has 0 spiro atoms. The molecule has 0 radical (unpaired) electrons. The second-order valence-electron chi connectivity index (χ2n) is 3.04. The lowest BCUT2D eigenvalue weighted by Crippen LogP contribution is -2.37. The van der Waals surface area contributed by atoms with Gasteiger partial charge in [0.15, 0.2) is 0 Å². The van der Waals surface area contributed by atoms with Crippen molar-refractivity contribution in [2.24, 2.45) is 0 Å². The van der Waals surface area contributed by atoms with E-state index < -0.39 is 12.0 Å².